The summed E-state index contributed by atoms with van der Waals surface area (Å²) in [6, 6.07) is 6.53. The van der Waals surface area contributed by atoms with Gasteiger partial charge in [-0.2, -0.15) is 0 Å². The number of aliphatic hydroxyl groups is 1. The van der Waals surface area contributed by atoms with Gasteiger partial charge in [0.25, 0.3) is 0 Å². The lowest BCUT2D eigenvalue weighted by Crippen LogP contribution is -2.33. The second-order valence-corrected chi connectivity index (χ2v) is 4.48. The monoisotopic (exact) mass is 249 g/mol. The van der Waals surface area contributed by atoms with E-state index in [9.17, 15) is 9.90 Å². The van der Waals surface area contributed by atoms with Crippen LogP contribution in [-0.2, 0) is 4.79 Å². The Morgan fingerprint density at radius 2 is 1.94 bits per heavy atom. The molecule has 0 heterocycles. The molecule has 1 amide bonds. The Balaban J connectivity index is 2.42. The zero-order chi connectivity index (χ0) is 13.5. The number of amides is 1. The standard InChI is InChI=1S/C14H19NO3/c1-10(2)13(17)9-15-14(18)8-5-11-3-6-12(16)7-4-11/h3-8,10,13,16-17H,9H2,1-2H3,(H,15,18)/b8-5+. The van der Waals surface area contributed by atoms with E-state index in [1.807, 2.05) is 13.8 Å². The molecule has 0 radical (unpaired) electrons. The van der Waals surface area contributed by atoms with E-state index in [1.165, 1.54) is 6.08 Å². The Bertz CT molecular complexity index is 410. The van der Waals surface area contributed by atoms with Crippen LogP contribution in [0.1, 0.15) is 19.4 Å². The lowest BCUT2D eigenvalue weighted by molar-refractivity contribution is -0.117. The molecule has 4 nitrogen and oxygen atoms in total. The molecule has 0 bridgehead atoms. The van der Waals surface area contributed by atoms with Gasteiger partial charge in [-0.1, -0.05) is 26.0 Å². The molecule has 1 rings (SSSR count). The molecule has 18 heavy (non-hydrogen) atoms. The summed E-state index contributed by atoms with van der Waals surface area (Å²) in [7, 11) is 0. The maximum atomic E-state index is 11.5. The van der Waals surface area contributed by atoms with Gasteiger partial charge in [0.1, 0.15) is 5.75 Å². The first-order valence-electron chi connectivity index (χ1n) is 5.92. The summed E-state index contributed by atoms with van der Waals surface area (Å²) < 4.78 is 0. The minimum Gasteiger partial charge on any atom is -0.508 e. The van der Waals surface area contributed by atoms with Crippen molar-refractivity contribution in [3.63, 3.8) is 0 Å². The van der Waals surface area contributed by atoms with Gasteiger partial charge in [-0.05, 0) is 29.7 Å². The number of carbonyl (C=O) groups is 1. The number of aromatic hydroxyl groups is 1. The van der Waals surface area contributed by atoms with Crippen LogP contribution in [0.5, 0.6) is 5.75 Å². The maximum Gasteiger partial charge on any atom is 0.244 e. The van der Waals surface area contributed by atoms with E-state index >= 15 is 0 Å². The van der Waals surface area contributed by atoms with E-state index < -0.39 is 6.10 Å². The van der Waals surface area contributed by atoms with E-state index in [2.05, 4.69) is 5.32 Å². The minimum atomic E-state index is -0.531. The lowest BCUT2D eigenvalue weighted by Gasteiger charge is -2.13. The predicted molar refractivity (Wildman–Crippen MR) is 71.0 cm³/mol. The molecule has 0 aliphatic carbocycles. The maximum absolute atomic E-state index is 11.5. The van der Waals surface area contributed by atoms with Crippen molar-refractivity contribution in [2.75, 3.05) is 6.54 Å². The van der Waals surface area contributed by atoms with Crippen molar-refractivity contribution >= 4 is 12.0 Å². The smallest absolute Gasteiger partial charge is 0.244 e. The van der Waals surface area contributed by atoms with Crippen LogP contribution >= 0.6 is 0 Å². The van der Waals surface area contributed by atoms with Crippen molar-refractivity contribution in [3.8, 4) is 5.75 Å². The number of hydrogen-bond acceptors (Lipinski definition) is 3. The Kier molecular flexibility index (Phi) is 5.39. The van der Waals surface area contributed by atoms with Crippen molar-refractivity contribution in [1.29, 1.82) is 0 Å². The van der Waals surface area contributed by atoms with E-state index in [4.69, 9.17) is 5.11 Å². The van der Waals surface area contributed by atoms with Crippen LogP contribution < -0.4 is 5.32 Å². The molecule has 0 aromatic heterocycles. The van der Waals surface area contributed by atoms with Crippen LogP contribution in [0.4, 0.5) is 0 Å². The van der Waals surface area contributed by atoms with E-state index in [0.717, 1.165) is 5.56 Å². The fourth-order valence-corrected chi connectivity index (χ4v) is 1.26. The van der Waals surface area contributed by atoms with Gasteiger partial charge in [0.05, 0.1) is 6.10 Å². The predicted octanol–water partition coefficient (Wildman–Crippen LogP) is 1.54. The number of hydrogen-bond donors (Lipinski definition) is 3. The molecule has 98 valence electrons. The number of carbonyl (C=O) groups excluding carboxylic acids is 1. The molecule has 1 unspecified atom stereocenters. The van der Waals surface area contributed by atoms with Crippen LogP contribution in [-0.4, -0.2) is 28.8 Å². The molecule has 1 aromatic rings. The highest BCUT2D eigenvalue weighted by molar-refractivity contribution is 5.91. The van der Waals surface area contributed by atoms with Gasteiger partial charge in [0.15, 0.2) is 0 Å². The highest BCUT2D eigenvalue weighted by atomic mass is 16.3. The zero-order valence-electron chi connectivity index (χ0n) is 10.6. The normalized spacial score (nSPS) is 12.9. The van der Waals surface area contributed by atoms with Gasteiger partial charge in [0.2, 0.25) is 5.91 Å². The van der Waals surface area contributed by atoms with Gasteiger partial charge < -0.3 is 15.5 Å². The van der Waals surface area contributed by atoms with Gasteiger partial charge in [-0.15, -0.1) is 0 Å². The Labute approximate surface area is 107 Å². The van der Waals surface area contributed by atoms with Crippen LogP contribution in [0, 0.1) is 5.92 Å². The highest BCUT2D eigenvalue weighted by Gasteiger charge is 2.09. The van der Waals surface area contributed by atoms with Crippen LogP contribution in [0.3, 0.4) is 0 Å². The molecule has 1 atom stereocenters. The number of aliphatic hydroxyl groups excluding tert-OH is 1. The van der Waals surface area contributed by atoms with Gasteiger partial charge >= 0.3 is 0 Å². The van der Waals surface area contributed by atoms with E-state index in [-0.39, 0.29) is 24.1 Å². The summed E-state index contributed by atoms with van der Waals surface area (Å²) in [6.45, 7) is 4.03. The van der Waals surface area contributed by atoms with Gasteiger partial charge in [-0.25, -0.2) is 0 Å². The van der Waals surface area contributed by atoms with Crippen LogP contribution in [0.25, 0.3) is 6.08 Å². The summed E-state index contributed by atoms with van der Waals surface area (Å²) in [5.74, 6) is 0.0609. The number of benzene rings is 1. The summed E-state index contributed by atoms with van der Waals surface area (Å²) in [5, 5.41) is 21.2. The fraction of sp³-hybridized carbons (Fsp3) is 0.357. The summed E-state index contributed by atoms with van der Waals surface area (Å²) in [5.41, 5.74) is 0.826. The first kappa shape index (κ1) is 14.3. The van der Waals surface area contributed by atoms with Crippen LogP contribution in [0.2, 0.25) is 0 Å². The Morgan fingerprint density at radius 1 is 1.33 bits per heavy atom. The first-order valence-corrected chi connectivity index (χ1v) is 5.92. The molecule has 0 fully saturated rings. The summed E-state index contributed by atoms with van der Waals surface area (Å²) in [6.07, 6.45) is 2.52. The largest absolute Gasteiger partial charge is 0.508 e. The quantitative estimate of drug-likeness (QED) is 0.693. The molecular weight excluding hydrogens is 230 g/mol. The second-order valence-electron chi connectivity index (χ2n) is 4.48. The van der Waals surface area contributed by atoms with Gasteiger partial charge in [0, 0.05) is 12.6 Å². The topological polar surface area (TPSA) is 69.6 Å². The van der Waals surface area contributed by atoms with Crippen LogP contribution in [0.15, 0.2) is 30.3 Å². The number of rotatable bonds is 5. The van der Waals surface area contributed by atoms with Crippen molar-refractivity contribution in [3.05, 3.63) is 35.9 Å². The summed E-state index contributed by atoms with van der Waals surface area (Å²) >= 11 is 0. The molecular formula is C14H19NO3. The van der Waals surface area contributed by atoms with Crippen molar-refractivity contribution in [2.24, 2.45) is 5.92 Å². The number of phenols is 1. The van der Waals surface area contributed by atoms with Crippen molar-refractivity contribution in [1.82, 2.24) is 5.32 Å². The number of nitrogens with one attached hydrogen (secondary N) is 1. The Hall–Kier alpha value is -1.81. The number of phenolic OH excluding ortho intramolecular Hbond substituents is 1. The minimum absolute atomic E-state index is 0.117. The third kappa shape index (κ3) is 5.01. The Morgan fingerprint density at radius 3 is 2.50 bits per heavy atom. The molecule has 0 saturated heterocycles. The van der Waals surface area contributed by atoms with E-state index in [0.29, 0.717) is 0 Å². The summed E-state index contributed by atoms with van der Waals surface area (Å²) in [4.78, 5) is 11.5. The molecule has 0 aliphatic rings. The van der Waals surface area contributed by atoms with E-state index in [1.54, 1.807) is 30.3 Å². The van der Waals surface area contributed by atoms with Gasteiger partial charge in [-0.3, -0.25) is 4.79 Å². The molecule has 0 aliphatic heterocycles. The lowest BCUT2D eigenvalue weighted by atomic mass is 10.1. The molecule has 4 heteroatoms. The zero-order valence-corrected chi connectivity index (χ0v) is 10.6. The average molecular weight is 249 g/mol. The third-order valence-corrected chi connectivity index (χ3v) is 2.58. The average Bonchev–Trinajstić information content (AvgIpc) is 2.35. The second kappa shape index (κ2) is 6.81. The third-order valence-electron chi connectivity index (χ3n) is 2.58. The molecule has 0 saturated carbocycles. The SMILES string of the molecule is CC(C)C(O)CNC(=O)/C=C/c1ccc(O)cc1. The van der Waals surface area contributed by atoms with Crippen molar-refractivity contribution < 1.29 is 15.0 Å². The molecule has 0 spiro atoms. The fourth-order valence-electron chi connectivity index (χ4n) is 1.26. The van der Waals surface area contributed by atoms with Crippen molar-refractivity contribution in [2.45, 2.75) is 20.0 Å². The highest BCUT2D eigenvalue weighted by Crippen LogP contribution is 2.10. The molecule has 1 aromatic carbocycles. The molecule has 3 N–H and O–H groups in total. The first-order chi connectivity index (χ1) is 8.49.